The van der Waals surface area contributed by atoms with E-state index in [0.29, 0.717) is 17.9 Å². The first-order chi connectivity index (χ1) is 7.69. The lowest BCUT2D eigenvalue weighted by molar-refractivity contribution is 0.0893. The van der Waals surface area contributed by atoms with Gasteiger partial charge in [-0.05, 0) is 18.6 Å². The molecule has 0 amide bonds. The molecule has 1 aromatic carbocycles. The maximum Gasteiger partial charge on any atom is 0.165 e. The highest BCUT2D eigenvalue weighted by molar-refractivity contribution is 5.97. The fraction of sp³-hybridized carbons (Fsp3) is 0.462. The Bertz CT molecular complexity index is 347. The molecule has 0 spiro atoms. The van der Waals surface area contributed by atoms with Crippen LogP contribution < -0.4 is 4.74 Å². The number of hydrogen-bond donors (Lipinski definition) is 0. The Morgan fingerprint density at radius 2 is 2.12 bits per heavy atom. The van der Waals surface area contributed by atoms with Crippen molar-refractivity contribution in [1.29, 1.82) is 0 Å². The van der Waals surface area contributed by atoms with Crippen LogP contribution in [0.25, 0.3) is 0 Å². The molecule has 0 fully saturated rings. The van der Waals surface area contributed by atoms with Crippen molar-refractivity contribution in [1.82, 2.24) is 0 Å². The lowest BCUT2D eigenvalue weighted by Crippen LogP contribution is -2.13. The lowest BCUT2D eigenvalue weighted by atomic mass is 9.97. The summed E-state index contributed by atoms with van der Waals surface area (Å²) in [6.07, 6.45) is 0.743. The van der Waals surface area contributed by atoms with Crippen molar-refractivity contribution in [2.45, 2.75) is 13.3 Å². The maximum atomic E-state index is 12.0. The summed E-state index contributed by atoms with van der Waals surface area (Å²) in [4.78, 5) is 12.0. The number of Topliss-reactive ketones (excluding diaryl/α,β-unsaturated/α-hetero) is 1. The van der Waals surface area contributed by atoms with Gasteiger partial charge >= 0.3 is 0 Å². The van der Waals surface area contributed by atoms with Gasteiger partial charge in [-0.1, -0.05) is 19.1 Å². The third-order valence-corrected chi connectivity index (χ3v) is 2.56. The van der Waals surface area contributed by atoms with Crippen molar-refractivity contribution < 1.29 is 14.3 Å². The van der Waals surface area contributed by atoms with Gasteiger partial charge in [0, 0.05) is 25.2 Å². The summed E-state index contributed by atoms with van der Waals surface area (Å²) in [5, 5.41) is 0. The third kappa shape index (κ3) is 3.35. The van der Waals surface area contributed by atoms with Crippen LogP contribution in [0, 0.1) is 5.92 Å². The number of ketones is 1. The van der Waals surface area contributed by atoms with E-state index in [1.165, 1.54) is 0 Å². The molecule has 0 aliphatic carbocycles. The molecule has 0 radical (unpaired) electrons. The minimum Gasteiger partial charge on any atom is -0.497 e. The van der Waals surface area contributed by atoms with Gasteiger partial charge in [0.05, 0.1) is 7.11 Å². The quantitative estimate of drug-likeness (QED) is 0.694. The number of carbonyl (C=O) groups excluding carboxylic acids is 1. The summed E-state index contributed by atoms with van der Waals surface area (Å²) in [6, 6.07) is 7.24. The van der Waals surface area contributed by atoms with E-state index in [1.54, 1.807) is 20.3 Å². The summed E-state index contributed by atoms with van der Waals surface area (Å²) in [5.41, 5.74) is 0.697. The molecule has 0 saturated heterocycles. The lowest BCUT2D eigenvalue weighted by Gasteiger charge is -2.10. The molecular weight excluding hydrogens is 204 g/mol. The second-order valence-corrected chi connectivity index (χ2v) is 3.78. The van der Waals surface area contributed by atoms with Crippen molar-refractivity contribution in [3.63, 3.8) is 0 Å². The van der Waals surface area contributed by atoms with Crippen molar-refractivity contribution in [3.05, 3.63) is 29.8 Å². The van der Waals surface area contributed by atoms with Crippen LogP contribution in [0.2, 0.25) is 0 Å². The van der Waals surface area contributed by atoms with Crippen LogP contribution in [0.15, 0.2) is 24.3 Å². The molecule has 3 nitrogen and oxygen atoms in total. The van der Waals surface area contributed by atoms with Crippen molar-refractivity contribution in [2.24, 2.45) is 5.92 Å². The van der Waals surface area contributed by atoms with Gasteiger partial charge < -0.3 is 9.47 Å². The van der Waals surface area contributed by atoms with Crippen LogP contribution in [-0.4, -0.2) is 26.6 Å². The van der Waals surface area contributed by atoms with Crippen molar-refractivity contribution in [2.75, 3.05) is 20.8 Å². The zero-order valence-corrected chi connectivity index (χ0v) is 10.0. The largest absolute Gasteiger partial charge is 0.497 e. The van der Waals surface area contributed by atoms with E-state index in [9.17, 15) is 4.79 Å². The Morgan fingerprint density at radius 3 is 2.75 bits per heavy atom. The molecule has 0 aliphatic rings. The predicted molar refractivity (Wildman–Crippen MR) is 63.0 cm³/mol. The Morgan fingerprint density at radius 1 is 1.38 bits per heavy atom. The van der Waals surface area contributed by atoms with Crippen LogP contribution in [-0.2, 0) is 4.74 Å². The smallest absolute Gasteiger partial charge is 0.165 e. The van der Waals surface area contributed by atoms with Gasteiger partial charge in [0.25, 0.3) is 0 Å². The number of rotatable bonds is 6. The SMILES string of the molecule is COCCC(C)C(=O)c1cccc(OC)c1. The predicted octanol–water partition coefficient (Wildman–Crippen LogP) is 2.55. The van der Waals surface area contributed by atoms with Crippen molar-refractivity contribution >= 4 is 5.78 Å². The monoisotopic (exact) mass is 222 g/mol. The number of ether oxygens (including phenoxy) is 2. The molecule has 16 heavy (non-hydrogen) atoms. The Labute approximate surface area is 96.4 Å². The molecule has 0 bridgehead atoms. The summed E-state index contributed by atoms with van der Waals surface area (Å²) in [5.74, 6) is 0.827. The summed E-state index contributed by atoms with van der Waals surface area (Å²) in [7, 11) is 3.24. The van der Waals surface area contributed by atoms with Gasteiger partial charge in [0.15, 0.2) is 5.78 Å². The molecule has 1 aromatic rings. The average molecular weight is 222 g/mol. The van der Waals surface area contributed by atoms with Gasteiger partial charge in [0.1, 0.15) is 5.75 Å². The molecule has 0 heterocycles. The van der Waals surface area contributed by atoms with E-state index < -0.39 is 0 Å². The fourth-order valence-corrected chi connectivity index (χ4v) is 1.49. The Hall–Kier alpha value is -1.35. The first-order valence-electron chi connectivity index (χ1n) is 5.36. The Balaban J connectivity index is 2.71. The van der Waals surface area contributed by atoms with Gasteiger partial charge in [0.2, 0.25) is 0 Å². The molecule has 1 atom stereocenters. The van der Waals surface area contributed by atoms with Crippen LogP contribution >= 0.6 is 0 Å². The maximum absolute atomic E-state index is 12.0. The molecule has 0 aliphatic heterocycles. The van der Waals surface area contributed by atoms with E-state index >= 15 is 0 Å². The first-order valence-corrected chi connectivity index (χ1v) is 5.36. The minimum absolute atomic E-state index is 0.0212. The van der Waals surface area contributed by atoms with Crippen LogP contribution in [0.4, 0.5) is 0 Å². The van der Waals surface area contributed by atoms with E-state index in [4.69, 9.17) is 9.47 Å². The highest BCUT2D eigenvalue weighted by Crippen LogP contribution is 2.17. The normalized spacial score (nSPS) is 12.2. The number of methoxy groups -OCH3 is 2. The standard InChI is InChI=1S/C13H18O3/c1-10(7-8-15-2)13(14)11-5-4-6-12(9-11)16-3/h4-6,9-10H,7-8H2,1-3H3. The van der Waals surface area contributed by atoms with E-state index in [-0.39, 0.29) is 11.7 Å². The molecule has 1 unspecified atom stereocenters. The van der Waals surface area contributed by atoms with Gasteiger partial charge in [-0.3, -0.25) is 4.79 Å². The summed E-state index contributed by atoms with van der Waals surface area (Å²) < 4.78 is 10.1. The molecule has 0 N–H and O–H groups in total. The first kappa shape index (κ1) is 12.7. The molecular formula is C13H18O3. The fourth-order valence-electron chi connectivity index (χ4n) is 1.49. The second kappa shape index (κ2) is 6.28. The molecule has 0 saturated carbocycles. The van der Waals surface area contributed by atoms with Gasteiger partial charge in [-0.2, -0.15) is 0 Å². The number of carbonyl (C=O) groups is 1. The topological polar surface area (TPSA) is 35.5 Å². The van der Waals surface area contributed by atoms with E-state index in [0.717, 1.165) is 6.42 Å². The number of hydrogen-bond acceptors (Lipinski definition) is 3. The Kier molecular flexibility index (Phi) is 4.99. The highest BCUT2D eigenvalue weighted by Gasteiger charge is 2.15. The summed E-state index contributed by atoms with van der Waals surface area (Å²) in [6.45, 7) is 2.53. The molecule has 1 rings (SSSR count). The molecule has 88 valence electrons. The van der Waals surface area contributed by atoms with Crippen LogP contribution in [0.5, 0.6) is 5.75 Å². The molecule has 3 heteroatoms. The van der Waals surface area contributed by atoms with Crippen LogP contribution in [0.3, 0.4) is 0 Å². The minimum atomic E-state index is -0.0212. The summed E-state index contributed by atoms with van der Waals surface area (Å²) >= 11 is 0. The highest BCUT2D eigenvalue weighted by atomic mass is 16.5. The zero-order chi connectivity index (χ0) is 12.0. The van der Waals surface area contributed by atoms with Crippen molar-refractivity contribution in [3.8, 4) is 5.75 Å². The van der Waals surface area contributed by atoms with Gasteiger partial charge in [-0.15, -0.1) is 0 Å². The number of benzene rings is 1. The van der Waals surface area contributed by atoms with E-state index in [2.05, 4.69) is 0 Å². The van der Waals surface area contributed by atoms with Crippen LogP contribution in [0.1, 0.15) is 23.7 Å². The average Bonchev–Trinajstić information content (AvgIpc) is 2.35. The van der Waals surface area contributed by atoms with E-state index in [1.807, 2.05) is 25.1 Å². The zero-order valence-electron chi connectivity index (χ0n) is 10.0. The van der Waals surface area contributed by atoms with Gasteiger partial charge in [-0.25, -0.2) is 0 Å². The second-order valence-electron chi connectivity index (χ2n) is 3.78. The third-order valence-electron chi connectivity index (χ3n) is 2.56. The molecule has 0 aromatic heterocycles.